The second kappa shape index (κ2) is 10.4. The summed E-state index contributed by atoms with van der Waals surface area (Å²) < 4.78 is 11.1. The molecule has 0 unspecified atom stereocenters. The third-order valence-electron chi connectivity index (χ3n) is 5.09. The molecule has 0 spiro atoms. The number of nitrogens with zero attached hydrogens (tertiary/aromatic N) is 1. The molecule has 172 valence electrons. The normalized spacial score (nSPS) is 14.5. The maximum absolute atomic E-state index is 12.7. The van der Waals surface area contributed by atoms with Crippen molar-refractivity contribution in [1.82, 2.24) is 4.90 Å². The van der Waals surface area contributed by atoms with Gasteiger partial charge in [0.2, 0.25) is 0 Å². The number of thioether (sulfide) groups is 1. The lowest BCUT2D eigenvalue weighted by molar-refractivity contribution is -0.123. The van der Waals surface area contributed by atoms with Crippen LogP contribution in [0, 0.1) is 13.8 Å². The smallest absolute Gasteiger partial charge is 0.343 e. The topological polar surface area (TPSA) is 72.9 Å². The zero-order chi connectivity index (χ0) is 24.1. The fraction of sp³-hybridized carbons (Fsp3) is 0.148. The van der Waals surface area contributed by atoms with Crippen molar-refractivity contribution in [2.24, 2.45) is 0 Å². The van der Waals surface area contributed by atoms with Crippen molar-refractivity contribution < 1.29 is 23.9 Å². The van der Waals surface area contributed by atoms with Crippen molar-refractivity contribution in [2.75, 3.05) is 13.2 Å². The van der Waals surface area contributed by atoms with E-state index in [-0.39, 0.29) is 24.3 Å². The maximum Gasteiger partial charge on any atom is 0.343 e. The molecule has 0 N–H and O–H groups in total. The van der Waals surface area contributed by atoms with Crippen LogP contribution in [0.15, 0.2) is 77.7 Å². The summed E-state index contributed by atoms with van der Waals surface area (Å²) in [7, 11) is 0. The molecule has 0 saturated carbocycles. The number of amides is 2. The minimum Gasteiger partial charge on any atom is -0.492 e. The minimum absolute atomic E-state index is 0.170. The van der Waals surface area contributed by atoms with E-state index in [4.69, 9.17) is 9.47 Å². The number of carbonyl (C=O) groups excluding carboxylic acids is 3. The second-order valence-electron chi connectivity index (χ2n) is 7.83. The van der Waals surface area contributed by atoms with E-state index in [2.05, 4.69) is 0 Å². The van der Waals surface area contributed by atoms with E-state index in [9.17, 15) is 14.4 Å². The monoisotopic (exact) mass is 473 g/mol. The fourth-order valence-electron chi connectivity index (χ4n) is 3.37. The third kappa shape index (κ3) is 5.74. The quantitative estimate of drug-likeness (QED) is 0.251. The van der Waals surface area contributed by atoms with Crippen LogP contribution in [0.25, 0.3) is 6.08 Å². The number of benzene rings is 3. The largest absolute Gasteiger partial charge is 0.492 e. The molecule has 0 aromatic heterocycles. The highest BCUT2D eigenvalue weighted by Crippen LogP contribution is 2.32. The number of rotatable bonds is 7. The van der Waals surface area contributed by atoms with Crippen LogP contribution < -0.4 is 9.47 Å². The molecule has 0 bridgehead atoms. The summed E-state index contributed by atoms with van der Waals surface area (Å²) in [5, 5.41) is -0.326. The van der Waals surface area contributed by atoms with E-state index in [1.807, 2.05) is 44.2 Å². The van der Waals surface area contributed by atoms with E-state index < -0.39 is 5.97 Å². The number of ether oxygens (including phenoxy) is 2. The Bertz CT molecular complexity index is 1270. The maximum atomic E-state index is 12.7. The van der Waals surface area contributed by atoms with E-state index in [0.29, 0.717) is 22.0 Å². The van der Waals surface area contributed by atoms with Gasteiger partial charge in [-0.15, -0.1) is 0 Å². The molecule has 0 atom stereocenters. The molecule has 0 radical (unpaired) electrons. The molecule has 3 aromatic rings. The van der Waals surface area contributed by atoms with E-state index in [1.165, 1.54) is 4.90 Å². The van der Waals surface area contributed by atoms with Crippen LogP contribution in [0.5, 0.6) is 11.5 Å². The highest BCUT2D eigenvalue weighted by atomic mass is 32.2. The summed E-state index contributed by atoms with van der Waals surface area (Å²) in [5.74, 6) is 0.305. The Morgan fingerprint density at radius 3 is 2.32 bits per heavy atom. The molecule has 1 fully saturated rings. The number of esters is 1. The van der Waals surface area contributed by atoms with E-state index >= 15 is 0 Å². The molecular formula is C27H23NO5S. The standard InChI is InChI=1S/C27H23NO5S/c1-18-5-3-7-21(15-18)26(30)33-22-11-9-20(10-12-22)17-24-25(29)28(27(31)34-24)13-14-32-23-8-4-6-19(2)16-23/h3-12,15-17H,13-14H2,1-2H3/b24-17-. The average molecular weight is 474 g/mol. The summed E-state index contributed by atoms with van der Waals surface area (Å²) in [6.45, 7) is 4.26. The van der Waals surface area contributed by atoms with Crippen LogP contribution >= 0.6 is 11.8 Å². The highest BCUT2D eigenvalue weighted by molar-refractivity contribution is 8.18. The van der Waals surface area contributed by atoms with Crippen molar-refractivity contribution in [3.05, 3.63) is 100.0 Å². The average Bonchev–Trinajstić information content (AvgIpc) is 3.07. The number of aryl methyl sites for hydroxylation is 2. The summed E-state index contributed by atoms with van der Waals surface area (Å²) in [4.78, 5) is 38.9. The van der Waals surface area contributed by atoms with Crippen LogP contribution in [-0.2, 0) is 4.79 Å². The molecular weight excluding hydrogens is 450 g/mol. The predicted molar refractivity (Wildman–Crippen MR) is 132 cm³/mol. The van der Waals surface area contributed by atoms with Crippen molar-refractivity contribution in [1.29, 1.82) is 0 Å². The van der Waals surface area contributed by atoms with Gasteiger partial charge in [-0.2, -0.15) is 0 Å². The van der Waals surface area contributed by atoms with E-state index in [0.717, 1.165) is 28.5 Å². The molecule has 1 aliphatic heterocycles. The summed E-state index contributed by atoms with van der Waals surface area (Å²) in [6.07, 6.45) is 1.65. The first-order valence-corrected chi connectivity index (χ1v) is 11.5. The van der Waals surface area contributed by atoms with Crippen molar-refractivity contribution in [2.45, 2.75) is 13.8 Å². The van der Waals surface area contributed by atoms with Gasteiger partial charge < -0.3 is 9.47 Å². The Balaban J connectivity index is 1.35. The predicted octanol–water partition coefficient (Wildman–Crippen LogP) is 5.64. The Hall–Kier alpha value is -3.84. The van der Waals surface area contributed by atoms with Crippen LogP contribution in [0.2, 0.25) is 0 Å². The Kier molecular flexibility index (Phi) is 7.13. The van der Waals surface area contributed by atoms with Gasteiger partial charge in [0.15, 0.2) is 0 Å². The molecule has 0 aliphatic carbocycles. The van der Waals surface area contributed by atoms with Crippen molar-refractivity contribution in [3.8, 4) is 11.5 Å². The first-order chi connectivity index (χ1) is 16.4. The number of hydrogen-bond acceptors (Lipinski definition) is 6. The van der Waals surface area contributed by atoms with E-state index in [1.54, 1.807) is 48.5 Å². The van der Waals surface area contributed by atoms with Crippen LogP contribution in [0.3, 0.4) is 0 Å². The Morgan fingerprint density at radius 2 is 1.62 bits per heavy atom. The summed E-state index contributed by atoms with van der Waals surface area (Å²) in [5.41, 5.74) is 3.24. The molecule has 1 heterocycles. The van der Waals surface area contributed by atoms with Crippen molar-refractivity contribution in [3.63, 3.8) is 0 Å². The molecule has 34 heavy (non-hydrogen) atoms. The first-order valence-electron chi connectivity index (χ1n) is 10.7. The SMILES string of the molecule is Cc1cccc(OCCN2C(=O)S/C(=C\c3ccc(OC(=O)c4cccc(C)c4)cc3)C2=O)c1. The fourth-order valence-corrected chi connectivity index (χ4v) is 4.24. The van der Waals surface area contributed by atoms with Gasteiger partial charge in [-0.05, 0) is 79.2 Å². The number of carbonyl (C=O) groups is 3. The third-order valence-corrected chi connectivity index (χ3v) is 6.00. The van der Waals surface area contributed by atoms with Gasteiger partial charge in [-0.3, -0.25) is 14.5 Å². The van der Waals surface area contributed by atoms with Gasteiger partial charge in [-0.25, -0.2) is 4.79 Å². The molecule has 7 heteroatoms. The second-order valence-corrected chi connectivity index (χ2v) is 8.82. The van der Waals surface area contributed by atoms with Gasteiger partial charge in [0, 0.05) is 0 Å². The lowest BCUT2D eigenvalue weighted by Gasteiger charge is -2.13. The molecule has 1 saturated heterocycles. The highest BCUT2D eigenvalue weighted by Gasteiger charge is 2.34. The summed E-state index contributed by atoms with van der Waals surface area (Å²) in [6, 6.07) is 21.5. The Morgan fingerprint density at radius 1 is 0.912 bits per heavy atom. The van der Waals surface area contributed by atoms with Gasteiger partial charge in [-0.1, -0.05) is 42.0 Å². The molecule has 2 amide bonds. The zero-order valence-electron chi connectivity index (χ0n) is 18.8. The number of hydrogen-bond donors (Lipinski definition) is 0. The lowest BCUT2D eigenvalue weighted by atomic mass is 10.1. The summed E-state index contributed by atoms with van der Waals surface area (Å²) >= 11 is 0.896. The molecule has 3 aromatic carbocycles. The van der Waals surface area contributed by atoms with Gasteiger partial charge >= 0.3 is 5.97 Å². The van der Waals surface area contributed by atoms with Crippen LogP contribution in [0.4, 0.5) is 4.79 Å². The number of imide groups is 1. The minimum atomic E-state index is -0.439. The van der Waals surface area contributed by atoms with Crippen LogP contribution in [0.1, 0.15) is 27.0 Å². The zero-order valence-corrected chi connectivity index (χ0v) is 19.6. The van der Waals surface area contributed by atoms with Gasteiger partial charge in [0.1, 0.15) is 18.1 Å². The first kappa shape index (κ1) is 23.3. The molecule has 6 nitrogen and oxygen atoms in total. The van der Waals surface area contributed by atoms with Gasteiger partial charge in [0.05, 0.1) is 17.0 Å². The van der Waals surface area contributed by atoms with Gasteiger partial charge in [0.25, 0.3) is 11.1 Å². The lowest BCUT2D eigenvalue weighted by Crippen LogP contribution is -2.32. The molecule has 4 rings (SSSR count). The molecule has 1 aliphatic rings. The Labute approximate surface area is 202 Å². The van der Waals surface area contributed by atoms with Crippen LogP contribution in [-0.4, -0.2) is 35.2 Å². The van der Waals surface area contributed by atoms with Crippen molar-refractivity contribution >= 4 is 35.0 Å².